The van der Waals surface area contributed by atoms with Crippen LogP contribution in [0.2, 0.25) is 0 Å². The number of pyridine rings is 1. The number of nitrogens with zero attached hydrogens (tertiary/aromatic N) is 4. The predicted octanol–water partition coefficient (Wildman–Crippen LogP) is 2.76. The standard InChI is InChI=1S/C22H21FN4O3/c1-14(28)15-3-5-16(6-4-15)20-13-27(9-10-30-20)22-25-19(11-21(29)26(22)2)17-7-8-24-12-18(17)23/h3-8,11-12,20H,9-10,13H2,1-2H3/t20-/m1/s1. The molecule has 0 aliphatic carbocycles. The van der Waals surface area contributed by atoms with Gasteiger partial charge in [-0.15, -0.1) is 0 Å². The minimum atomic E-state index is -0.533. The Morgan fingerprint density at radius 1 is 1.23 bits per heavy atom. The highest BCUT2D eigenvalue weighted by atomic mass is 19.1. The molecule has 0 N–H and O–H groups in total. The zero-order valence-corrected chi connectivity index (χ0v) is 16.7. The summed E-state index contributed by atoms with van der Waals surface area (Å²) in [6, 6.07) is 10.1. The van der Waals surface area contributed by atoms with E-state index in [2.05, 4.69) is 9.97 Å². The van der Waals surface area contributed by atoms with Gasteiger partial charge in [0.25, 0.3) is 5.56 Å². The summed E-state index contributed by atoms with van der Waals surface area (Å²) in [6.07, 6.45) is 2.33. The van der Waals surface area contributed by atoms with Gasteiger partial charge in [0, 0.05) is 37.0 Å². The van der Waals surface area contributed by atoms with Crippen molar-refractivity contribution in [2.75, 3.05) is 24.6 Å². The number of benzene rings is 1. The number of carbonyl (C=O) groups is 1. The van der Waals surface area contributed by atoms with Crippen molar-refractivity contribution in [3.8, 4) is 11.3 Å². The van der Waals surface area contributed by atoms with Gasteiger partial charge in [-0.3, -0.25) is 19.1 Å². The summed E-state index contributed by atoms with van der Waals surface area (Å²) in [5.41, 5.74) is 1.80. The van der Waals surface area contributed by atoms with E-state index >= 15 is 0 Å². The van der Waals surface area contributed by atoms with E-state index in [9.17, 15) is 14.0 Å². The maximum absolute atomic E-state index is 14.2. The lowest BCUT2D eigenvalue weighted by atomic mass is 10.0. The summed E-state index contributed by atoms with van der Waals surface area (Å²) < 4.78 is 21.5. The minimum absolute atomic E-state index is 0.00657. The lowest BCUT2D eigenvalue weighted by molar-refractivity contribution is 0.0389. The van der Waals surface area contributed by atoms with E-state index in [0.717, 1.165) is 11.8 Å². The number of morpholine rings is 1. The Kier molecular flexibility index (Phi) is 5.41. The van der Waals surface area contributed by atoms with Gasteiger partial charge in [0.15, 0.2) is 11.6 Å². The molecule has 154 valence electrons. The van der Waals surface area contributed by atoms with Gasteiger partial charge >= 0.3 is 0 Å². The highest BCUT2D eigenvalue weighted by Gasteiger charge is 2.25. The number of hydrogen-bond acceptors (Lipinski definition) is 6. The first-order chi connectivity index (χ1) is 14.4. The van der Waals surface area contributed by atoms with Crippen LogP contribution in [0.4, 0.5) is 10.3 Å². The first kappa shape index (κ1) is 19.9. The molecule has 0 saturated carbocycles. The van der Waals surface area contributed by atoms with E-state index in [4.69, 9.17) is 4.74 Å². The zero-order valence-electron chi connectivity index (χ0n) is 16.7. The molecule has 4 rings (SSSR count). The molecular weight excluding hydrogens is 387 g/mol. The van der Waals surface area contributed by atoms with Gasteiger partial charge in [0.2, 0.25) is 5.95 Å². The van der Waals surface area contributed by atoms with Crippen LogP contribution < -0.4 is 10.5 Å². The second-order valence-corrected chi connectivity index (χ2v) is 7.18. The Labute approximate surface area is 172 Å². The zero-order chi connectivity index (χ0) is 21.3. The molecule has 3 heterocycles. The van der Waals surface area contributed by atoms with Crippen molar-refractivity contribution in [2.24, 2.45) is 7.05 Å². The molecule has 7 nitrogen and oxygen atoms in total. The van der Waals surface area contributed by atoms with E-state index in [1.54, 1.807) is 19.2 Å². The minimum Gasteiger partial charge on any atom is -0.370 e. The second-order valence-electron chi connectivity index (χ2n) is 7.18. The molecule has 1 aromatic carbocycles. The first-order valence-electron chi connectivity index (χ1n) is 9.59. The molecule has 3 aromatic rings. The molecule has 0 unspecified atom stereocenters. The van der Waals surface area contributed by atoms with E-state index in [1.807, 2.05) is 17.0 Å². The Bertz CT molecular complexity index is 1140. The Balaban J connectivity index is 1.65. The monoisotopic (exact) mass is 408 g/mol. The fourth-order valence-corrected chi connectivity index (χ4v) is 3.50. The van der Waals surface area contributed by atoms with Crippen LogP contribution in [-0.4, -0.2) is 40.0 Å². The quantitative estimate of drug-likeness (QED) is 0.618. The fraction of sp³-hybridized carbons (Fsp3) is 0.273. The topological polar surface area (TPSA) is 77.3 Å². The average Bonchev–Trinajstić information content (AvgIpc) is 2.76. The van der Waals surface area contributed by atoms with Crippen LogP contribution in [-0.2, 0) is 11.8 Å². The van der Waals surface area contributed by atoms with Crippen LogP contribution in [0.5, 0.6) is 0 Å². The van der Waals surface area contributed by atoms with Crippen LogP contribution >= 0.6 is 0 Å². The number of rotatable bonds is 4. The van der Waals surface area contributed by atoms with Gasteiger partial charge in [0.05, 0.1) is 25.0 Å². The second kappa shape index (κ2) is 8.16. The molecular formula is C22H21FN4O3. The molecule has 0 radical (unpaired) electrons. The van der Waals surface area contributed by atoms with Crippen molar-refractivity contribution in [1.82, 2.24) is 14.5 Å². The van der Waals surface area contributed by atoms with Gasteiger partial charge in [-0.05, 0) is 18.6 Å². The van der Waals surface area contributed by atoms with Crippen LogP contribution in [0.15, 0.2) is 53.6 Å². The number of ketones is 1. The number of ether oxygens (including phenoxy) is 1. The summed E-state index contributed by atoms with van der Waals surface area (Å²) in [7, 11) is 1.64. The number of hydrogen-bond donors (Lipinski definition) is 0. The van der Waals surface area contributed by atoms with Gasteiger partial charge in [0.1, 0.15) is 6.10 Å². The third kappa shape index (κ3) is 3.86. The molecule has 1 aliphatic heterocycles. The Morgan fingerprint density at radius 3 is 2.70 bits per heavy atom. The molecule has 1 saturated heterocycles. The van der Waals surface area contributed by atoms with Crippen LogP contribution in [0, 0.1) is 5.82 Å². The lowest BCUT2D eigenvalue weighted by Gasteiger charge is -2.34. The molecule has 0 bridgehead atoms. The maximum atomic E-state index is 14.2. The smallest absolute Gasteiger partial charge is 0.255 e. The van der Waals surface area contributed by atoms with Gasteiger partial charge < -0.3 is 9.64 Å². The number of anilines is 1. The van der Waals surface area contributed by atoms with E-state index < -0.39 is 5.82 Å². The van der Waals surface area contributed by atoms with Crippen molar-refractivity contribution in [1.29, 1.82) is 0 Å². The summed E-state index contributed by atoms with van der Waals surface area (Å²) in [6.45, 7) is 2.99. The molecule has 0 amide bonds. The maximum Gasteiger partial charge on any atom is 0.255 e. The summed E-state index contributed by atoms with van der Waals surface area (Å²) >= 11 is 0. The third-order valence-electron chi connectivity index (χ3n) is 5.20. The number of Topliss-reactive ketones (excluding diaryl/α,β-unsaturated/α-hetero) is 1. The highest BCUT2D eigenvalue weighted by Crippen LogP contribution is 2.27. The number of aromatic nitrogens is 3. The normalized spacial score (nSPS) is 16.5. The SMILES string of the molecule is CC(=O)c1ccc([C@H]2CN(c3nc(-c4ccncc4F)cc(=O)n3C)CCO2)cc1. The summed E-state index contributed by atoms with van der Waals surface area (Å²) in [5, 5.41) is 0. The number of halogens is 1. The molecule has 30 heavy (non-hydrogen) atoms. The first-order valence-corrected chi connectivity index (χ1v) is 9.59. The average molecular weight is 408 g/mol. The number of carbonyl (C=O) groups excluding carboxylic acids is 1. The van der Waals surface area contributed by atoms with Gasteiger partial charge in [-0.25, -0.2) is 9.37 Å². The third-order valence-corrected chi connectivity index (χ3v) is 5.20. The largest absolute Gasteiger partial charge is 0.370 e. The van der Waals surface area contributed by atoms with Crippen LogP contribution in [0.1, 0.15) is 28.9 Å². The molecule has 1 fully saturated rings. The fourth-order valence-electron chi connectivity index (χ4n) is 3.50. The Hall–Kier alpha value is -3.39. The van der Waals surface area contributed by atoms with Crippen LogP contribution in [0.3, 0.4) is 0 Å². The molecule has 1 atom stereocenters. The molecule has 2 aromatic heterocycles. The molecule has 0 spiro atoms. The van der Waals surface area contributed by atoms with Gasteiger partial charge in [-0.1, -0.05) is 24.3 Å². The van der Waals surface area contributed by atoms with E-state index in [0.29, 0.717) is 31.2 Å². The van der Waals surface area contributed by atoms with Gasteiger partial charge in [-0.2, -0.15) is 0 Å². The summed E-state index contributed by atoms with van der Waals surface area (Å²) in [5.74, 6) is -0.0796. The molecule has 1 aliphatic rings. The van der Waals surface area contributed by atoms with Crippen molar-refractivity contribution in [3.63, 3.8) is 0 Å². The van der Waals surface area contributed by atoms with Crippen molar-refractivity contribution in [3.05, 3.63) is 76.1 Å². The molecule has 8 heteroatoms. The van der Waals surface area contributed by atoms with Crippen LogP contribution in [0.25, 0.3) is 11.3 Å². The highest BCUT2D eigenvalue weighted by molar-refractivity contribution is 5.94. The van der Waals surface area contributed by atoms with Crippen molar-refractivity contribution in [2.45, 2.75) is 13.0 Å². The van der Waals surface area contributed by atoms with Crippen molar-refractivity contribution >= 4 is 11.7 Å². The van der Waals surface area contributed by atoms with E-state index in [1.165, 1.54) is 29.8 Å². The predicted molar refractivity (Wildman–Crippen MR) is 110 cm³/mol. The van der Waals surface area contributed by atoms with Crippen molar-refractivity contribution < 1.29 is 13.9 Å². The lowest BCUT2D eigenvalue weighted by Crippen LogP contribution is -2.41. The van der Waals surface area contributed by atoms with E-state index in [-0.39, 0.29) is 28.7 Å². The summed E-state index contributed by atoms with van der Waals surface area (Å²) in [4.78, 5) is 34.3. The Morgan fingerprint density at radius 2 is 2.00 bits per heavy atom.